The van der Waals surface area contributed by atoms with Crippen LogP contribution in [0, 0.1) is 0 Å². The average Bonchev–Trinajstić information content (AvgIpc) is 2.50. The van der Waals surface area contributed by atoms with Gasteiger partial charge in [-0.25, -0.2) is 0 Å². The molecule has 0 bridgehead atoms. The maximum Gasteiger partial charge on any atom is 0.305 e. The van der Waals surface area contributed by atoms with Gasteiger partial charge in [0.1, 0.15) is 5.75 Å². The zero-order chi connectivity index (χ0) is 15.5. The standard InChI is InChI=1S/C17H24O4/c1-3-17(19)21-13-7-5-4-6-12-20-16-10-8-15(9-11-16)14(2)18/h8-11H,3-7,12-13H2,1-2H3. The highest BCUT2D eigenvalue weighted by Crippen LogP contribution is 2.13. The Morgan fingerprint density at radius 2 is 1.57 bits per heavy atom. The fourth-order valence-electron chi connectivity index (χ4n) is 1.82. The van der Waals surface area contributed by atoms with Crippen LogP contribution in [0.15, 0.2) is 24.3 Å². The summed E-state index contributed by atoms with van der Waals surface area (Å²) >= 11 is 0. The summed E-state index contributed by atoms with van der Waals surface area (Å²) in [6, 6.07) is 7.20. The van der Waals surface area contributed by atoms with Crippen LogP contribution in [-0.2, 0) is 9.53 Å². The molecule has 0 aliphatic rings. The van der Waals surface area contributed by atoms with Gasteiger partial charge in [-0.15, -0.1) is 0 Å². The van der Waals surface area contributed by atoms with Crippen molar-refractivity contribution in [2.75, 3.05) is 13.2 Å². The van der Waals surface area contributed by atoms with Crippen LogP contribution in [0.2, 0.25) is 0 Å². The molecular weight excluding hydrogens is 268 g/mol. The molecule has 0 aliphatic heterocycles. The summed E-state index contributed by atoms with van der Waals surface area (Å²) in [4.78, 5) is 22.0. The van der Waals surface area contributed by atoms with Crippen molar-refractivity contribution in [1.29, 1.82) is 0 Å². The second-order valence-electron chi connectivity index (χ2n) is 4.92. The van der Waals surface area contributed by atoms with Gasteiger partial charge in [0.25, 0.3) is 0 Å². The van der Waals surface area contributed by atoms with Crippen molar-refractivity contribution < 1.29 is 19.1 Å². The third-order valence-corrected chi connectivity index (χ3v) is 3.12. The molecule has 1 rings (SSSR count). The van der Waals surface area contributed by atoms with Crippen LogP contribution in [0.1, 0.15) is 56.3 Å². The summed E-state index contributed by atoms with van der Waals surface area (Å²) in [5.41, 5.74) is 0.698. The molecule has 21 heavy (non-hydrogen) atoms. The Bertz CT molecular complexity index is 437. The van der Waals surface area contributed by atoms with Crippen LogP contribution in [-0.4, -0.2) is 25.0 Å². The van der Waals surface area contributed by atoms with Crippen molar-refractivity contribution in [2.24, 2.45) is 0 Å². The molecule has 0 aliphatic carbocycles. The highest BCUT2D eigenvalue weighted by atomic mass is 16.5. The molecular formula is C17H24O4. The molecule has 0 N–H and O–H groups in total. The lowest BCUT2D eigenvalue weighted by atomic mass is 10.1. The van der Waals surface area contributed by atoms with Gasteiger partial charge in [-0.05, 0) is 56.9 Å². The molecule has 0 fully saturated rings. The lowest BCUT2D eigenvalue weighted by Gasteiger charge is -2.07. The second-order valence-corrected chi connectivity index (χ2v) is 4.92. The molecule has 116 valence electrons. The predicted molar refractivity (Wildman–Crippen MR) is 81.7 cm³/mol. The van der Waals surface area contributed by atoms with Gasteiger partial charge in [0.2, 0.25) is 0 Å². The number of esters is 1. The van der Waals surface area contributed by atoms with E-state index in [1.54, 1.807) is 26.0 Å². The van der Waals surface area contributed by atoms with Crippen LogP contribution in [0.3, 0.4) is 0 Å². The zero-order valence-corrected chi connectivity index (χ0v) is 12.9. The van der Waals surface area contributed by atoms with E-state index in [1.807, 2.05) is 12.1 Å². The number of hydrogen-bond acceptors (Lipinski definition) is 4. The fraction of sp³-hybridized carbons (Fsp3) is 0.529. The van der Waals surface area contributed by atoms with Gasteiger partial charge in [0.05, 0.1) is 13.2 Å². The number of ketones is 1. The van der Waals surface area contributed by atoms with Crippen LogP contribution >= 0.6 is 0 Å². The first-order valence-electron chi connectivity index (χ1n) is 7.53. The van der Waals surface area contributed by atoms with E-state index < -0.39 is 0 Å². The molecule has 0 radical (unpaired) electrons. The van der Waals surface area contributed by atoms with E-state index in [0.29, 0.717) is 25.2 Å². The molecule has 0 unspecified atom stereocenters. The van der Waals surface area contributed by atoms with Crippen molar-refractivity contribution in [1.82, 2.24) is 0 Å². The number of carbonyl (C=O) groups is 2. The van der Waals surface area contributed by atoms with E-state index in [9.17, 15) is 9.59 Å². The van der Waals surface area contributed by atoms with Crippen molar-refractivity contribution in [3.05, 3.63) is 29.8 Å². The molecule has 0 heterocycles. The largest absolute Gasteiger partial charge is 0.494 e. The summed E-state index contributed by atoms with van der Waals surface area (Å²) < 4.78 is 10.6. The van der Waals surface area contributed by atoms with Crippen LogP contribution in [0.4, 0.5) is 0 Å². The third-order valence-electron chi connectivity index (χ3n) is 3.12. The molecule has 0 saturated carbocycles. The van der Waals surface area contributed by atoms with Gasteiger partial charge in [0, 0.05) is 12.0 Å². The lowest BCUT2D eigenvalue weighted by Crippen LogP contribution is -2.04. The smallest absolute Gasteiger partial charge is 0.305 e. The van der Waals surface area contributed by atoms with Crippen LogP contribution in [0.25, 0.3) is 0 Å². The topological polar surface area (TPSA) is 52.6 Å². The van der Waals surface area contributed by atoms with Gasteiger partial charge >= 0.3 is 5.97 Å². The predicted octanol–water partition coefficient (Wildman–Crippen LogP) is 3.78. The minimum absolute atomic E-state index is 0.0605. The van der Waals surface area contributed by atoms with Crippen LogP contribution < -0.4 is 4.74 Å². The van der Waals surface area contributed by atoms with E-state index in [2.05, 4.69) is 0 Å². The Hall–Kier alpha value is -1.84. The molecule has 0 amide bonds. The number of rotatable bonds is 10. The van der Waals surface area contributed by atoms with Crippen LogP contribution in [0.5, 0.6) is 5.75 Å². The molecule has 1 aromatic carbocycles. The highest BCUT2D eigenvalue weighted by molar-refractivity contribution is 5.94. The molecule has 0 saturated heterocycles. The normalized spacial score (nSPS) is 10.2. The first-order valence-corrected chi connectivity index (χ1v) is 7.53. The third kappa shape index (κ3) is 7.49. The minimum atomic E-state index is -0.132. The molecule has 0 spiro atoms. The lowest BCUT2D eigenvalue weighted by molar-refractivity contribution is -0.143. The molecule has 0 atom stereocenters. The number of carbonyl (C=O) groups excluding carboxylic acids is 2. The Morgan fingerprint density at radius 3 is 2.14 bits per heavy atom. The SMILES string of the molecule is CCC(=O)OCCCCCCOc1ccc(C(C)=O)cc1. The van der Waals surface area contributed by atoms with Crippen molar-refractivity contribution >= 4 is 11.8 Å². The van der Waals surface area contributed by atoms with E-state index >= 15 is 0 Å². The Balaban J connectivity index is 2.04. The van der Waals surface area contributed by atoms with Gasteiger partial charge in [-0.2, -0.15) is 0 Å². The van der Waals surface area contributed by atoms with Gasteiger partial charge in [-0.1, -0.05) is 6.92 Å². The molecule has 1 aromatic rings. The van der Waals surface area contributed by atoms with Gasteiger partial charge in [-0.3, -0.25) is 9.59 Å². The summed E-state index contributed by atoms with van der Waals surface area (Å²) in [6.07, 6.45) is 4.39. The summed E-state index contributed by atoms with van der Waals surface area (Å²) in [5, 5.41) is 0. The summed E-state index contributed by atoms with van der Waals surface area (Å²) in [5.74, 6) is 0.717. The Morgan fingerprint density at radius 1 is 0.952 bits per heavy atom. The summed E-state index contributed by atoms with van der Waals surface area (Å²) in [7, 11) is 0. The Kier molecular flexibility index (Phi) is 8.17. The van der Waals surface area contributed by atoms with E-state index in [4.69, 9.17) is 9.47 Å². The average molecular weight is 292 g/mol. The van der Waals surface area contributed by atoms with Gasteiger partial charge in [0.15, 0.2) is 5.78 Å². The number of benzene rings is 1. The highest BCUT2D eigenvalue weighted by Gasteiger charge is 2.00. The number of ether oxygens (including phenoxy) is 2. The van der Waals surface area contributed by atoms with Crippen molar-refractivity contribution in [3.63, 3.8) is 0 Å². The zero-order valence-electron chi connectivity index (χ0n) is 12.9. The molecule has 0 aromatic heterocycles. The van der Waals surface area contributed by atoms with Crippen molar-refractivity contribution in [3.8, 4) is 5.75 Å². The molecule has 4 nitrogen and oxygen atoms in total. The van der Waals surface area contributed by atoms with E-state index in [-0.39, 0.29) is 11.8 Å². The number of unbranched alkanes of at least 4 members (excludes halogenated alkanes) is 3. The molecule has 4 heteroatoms. The maximum absolute atomic E-state index is 11.1. The number of hydrogen-bond donors (Lipinski definition) is 0. The van der Waals surface area contributed by atoms with E-state index in [0.717, 1.165) is 31.4 Å². The first kappa shape index (κ1) is 17.2. The van der Waals surface area contributed by atoms with E-state index in [1.165, 1.54) is 0 Å². The second kappa shape index (κ2) is 9.97. The summed E-state index contributed by atoms with van der Waals surface area (Å²) in [6.45, 7) is 4.52. The first-order chi connectivity index (χ1) is 10.1. The minimum Gasteiger partial charge on any atom is -0.494 e. The monoisotopic (exact) mass is 292 g/mol. The van der Waals surface area contributed by atoms with Gasteiger partial charge < -0.3 is 9.47 Å². The Labute approximate surface area is 126 Å². The maximum atomic E-state index is 11.1. The van der Waals surface area contributed by atoms with Crippen molar-refractivity contribution in [2.45, 2.75) is 46.0 Å². The fourth-order valence-corrected chi connectivity index (χ4v) is 1.82. The quantitative estimate of drug-likeness (QED) is 0.374. The number of Topliss-reactive ketones (excluding diaryl/α,β-unsaturated/α-hetero) is 1.